The number of ether oxygens (including phenoxy) is 2. The monoisotopic (exact) mass is 431 g/mol. The lowest BCUT2D eigenvalue weighted by Crippen LogP contribution is -2.43. The third kappa shape index (κ3) is 4.18. The first kappa shape index (κ1) is 21.4. The smallest absolute Gasteiger partial charge is 0.325 e. The van der Waals surface area contributed by atoms with Crippen molar-refractivity contribution in [3.8, 4) is 11.5 Å². The maximum atomic E-state index is 13.0. The second kappa shape index (κ2) is 8.62. The molecule has 0 saturated carbocycles. The lowest BCUT2D eigenvalue weighted by atomic mass is 9.91. The van der Waals surface area contributed by atoms with Crippen molar-refractivity contribution in [2.75, 3.05) is 20.8 Å². The molecule has 0 spiro atoms. The molecule has 0 bridgehead atoms. The Labute approximate surface area is 179 Å². The van der Waals surface area contributed by atoms with E-state index in [-0.39, 0.29) is 13.1 Å². The maximum absolute atomic E-state index is 13.0. The van der Waals surface area contributed by atoms with Gasteiger partial charge in [0.1, 0.15) is 12.1 Å². The highest BCUT2D eigenvalue weighted by atomic mass is 35.5. The van der Waals surface area contributed by atoms with Crippen LogP contribution in [0.25, 0.3) is 0 Å². The van der Waals surface area contributed by atoms with E-state index in [1.807, 2.05) is 0 Å². The van der Waals surface area contributed by atoms with E-state index in [1.165, 1.54) is 14.2 Å². The summed E-state index contributed by atoms with van der Waals surface area (Å²) in [6.45, 7) is 1.45. The zero-order valence-electron chi connectivity index (χ0n) is 16.8. The first-order chi connectivity index (χ1) is 14.3. The number of nitrogens with zero attached hydrogens (tertiary/aromatic N) is 1. The second-order valence-corrected chi connectivity index (χ2v) is 7.36. The Balaban J connectivity index is 1.70. The van der Waals surface area contributed by atoms with E-state index >= 15 is 0 Å². The number of methoxy groups -OCH3 is 2. The predicted octanol–water partition coefficient (Wildman–Crippen LogP) is 2.44. The van der Waals surface area contributed by atoms with Crippen LogP contribution in [-0.2, 0) is 21.7 Å². The van der Waals surface area contributed by atoms with Gasteiger partial charge in [-0.25, -0.2) is 4.79 Å². The van der Waals surface area contributed by atoms with E-state index in [0.29, 0.717) is 22.1 Å². The molecule has 1 atom stereocenters. The van der Waals surface area contributed by atoms with Gasteiger partial charge >= 0.3 is 6.03 Å². The molecule has 158 valence electrons. The molecule has 8 nitrogen and oxygen atoms in total. The number of hydrogen-bond acceptors (Lipinski definition) is 5. The van der Waals surface area contributed by atoms with Crippen molar-refractivity contribution in [1.29, 1.82) is 0 Å². The number of halogens is 1. The van der Waals surface area contributed by atoms with E-state index < -0.39 is 23.4 Å². The molecule has 1 fully saturated rings. The molecule has 9 heteroatoms. The Morgan fingerprint density at radius 1 is 1.10 bits per heavy atom. The normalized spacial score (nSPS) is 18.2. The van der Waals surface area contributed by atoms with E-state index in [1.54, 1.807) is 49.4 Å². The van der Waals surface area contributed by atoms with Crippen LogP contribution in [0.5, 0.6) is 11.5 Å². The molecule has 1 aliphatic heterocycles. The molecular formula is C21H22ClN3O5. The molecule has 2 N–H and O–H groups in total. The third-order valence-corrected chi connectivity index (χ3v) is 5.19. The van der Waals surface area contributed by atoms with Crippen LogP contribution in [0.2, 0.25) is 5.02 Å². The van der Waals surface area contributed by atoms with Gasteiger partial charge in [-0.15, -0.1) is 0 Å². The summed E-state index contributed by atoms with van der Waals surface area (Å²) >= 11 is 5.84. The molecule has 30 heavy (non-hydrogen) atoms. The summed E-state index contributed by atoms with van der Waals surface area (Å²) in [5.74, 6) is -0.0520. The summed E-state index contributed by atoms with van der Waals surface area (Å²) in [4.78, 5) is 38.7. The average molecular weight is 432 g/mol. The summed E-state index contributed by atoms with van der Waals surface area (Å²) < 4.78 is 10.5. The quantitative estimate of drug-likeness (QED) is 0.656. The van der Waals surface area contributed by atoms with Gasteiger partial charge in [0.05, 0.1) is 14.2 Å². The number of urea groups is 1. The van der Waals surface area contributed by atoms with E-state index in [0.717, 1.165) is 10.5 Å². The van der Waals surface area contributed by atoms with E-state index in [4.69, 9.17) is 21.1 Å². The van der Waals surface area contributed by atoms with Gasteiger partial charge < -0.3 is 20.1 Å². The number of nitrogens with one attached hydrogen (secondary N) is 2. The van der Waals surface area contributed by atoms with Crippen LogP contribution in [0.4, 0.5) is 4.79 Å². The minimum atomic E-state index is -1.33. The lowest BCUT2D eigenvalue weighted by Gasteiger charge is -2.23. The number of amides is 4. The molecule has 4 amide bonds. The van der Waals surface area contributed by atoms with Gasteiger partial charge in [0, 0.05) is 11.6 Å². The topological polar surface area (TPSA) is 97.0 Å². The van der Waals surface area contributed by atoms with Gasteiger partial charge in [-0.3, -0.25) is 14.5 Å². The van der Waals surface area contributed by atoms with Gasteiger partial charge in [-0.1, -0.05) is 29.8 Å². The highest BCUT2D eigenvalue weighted by Crippen LogP contribution is 2.35. The summed E-state index contributed by atoms with van der Waals surface area (Å²) in [6, 6.07) is 11.3. The second-order valence-electron chi connectivity index (χ2n) is 6.92. The van der Waals surface area contributed by atoms with Crippen molar-refractivity contribution in [2.24, 2.45) is 0 Å². The molecule has 1 aliphatic rings. The zero-order valence-corrected chi connectivity index (χ0v) is 17.6. The molecule has 1 saturated heterocycles. The van der Waals surface area contributed by atoms with Crippen LogP contribution in [-0.4, -0.2) is 43.5 Å². The van der Waals surface area contributed by atoms with Crippen LogP contribution in [0.1, 0.15) is 18.1 Å². The molecule has 1 heterocycles. The molecule has 0 aliphatic carbocycles. The van der Waals surface area contributed by atoms with Crippen molar-refractivity contribution >= 4 is 29.4 Å². The van der Waals surface area contributed by atoms with Crippen molar-refractivity contribution < 1.29 is 23.9 Å². The molecule has 2 aromatic rings. The van der Waals surface area contributed by atoms with Crippen LogP contribution in [0.15, 0.2) is 42.5 Å². The molecule has 0 radical (unpaired) electrons. The van der Waals surface area contributed by atoms with Crippen LogP contribution in [0.3, 0.4) is 0 Å². The minimum absolute atomic E-state index is 0.257. The number of carbonyl (C=O) groups excluding carboxylic acids is 3. The minimum Gasteiger partial charge on any atom is -0.493 e. The van der Waals surface area contributed by atoms with Crippen LogP contribution in [0, 0.1) is 0 Å². The van der Waals surface area contributed by atoms with Crippen molar-refractivity contribution in [3.63, 3.8) is 0 Å². The molecule has 3 rings (SSSR count). The molecular weight excluding hydrogens is 410 g/mol. The fourth-order valence-electron chi connectivity index (χ4n) is 3.19. The number of imide groups is 1. The predicted molar refractivity (Wildman–Crippen MR) is 110 cm³/mol. The molecule has 0 unspecified atom stereocenters. The standard InChI is InChI=1S/C21H22ClN3O5/c1-21(14-6-9-16(29-2)17(10-14)30-3)19(27)25(20(28)24-21)12-18(26)23-11-13-4-7-15(22)8-5-13/h4-10H,11-12H2,1-3H3,(H,23,26)(H,24,28)/t21-/m0/s1. The van der Waals surface area contributed by atoms with Crippen molar-refractivity contribution in [3.05, 3.63) is 58.6 Å². The summed E-state index contributed by atoms with van der Waals surface area (Å²) in [6.07, 6.45) is 0. The van der Waals surface area contributed by atoms with E-state index in [9.17, 15) is 14.4 Å². The Bertz CT molecular complexity index is 979. The number of carbonyl (C=O) groups is 3. The number of benzene rings is 2. The zero-order chi connectivity index (χ0) is 21.9. The van der Waals surface area contributed by atoms with Gasteiger partial charge in [-0.05, 0) is 42.3 Å². The fraction of sp³-hybridized carbons (Fsp3) is 0.286. The van der Waals surface area contributed by atoms with Crippen LogP contribution < -0.4 is 20.1 Å². The summed E-state index contributed by atoms with van der Waals surface area (Å²) in [5.41, 5.74) is 0.0373. The number of hydrogen-bond donors (Lipinski definition) is 2. The average Bonchev–Trinajstić information content (AvgIpc) is 2.96. The van der Waals surface area contributed by atoms with E-state index in [2.05, 4.69) is 10.6 Å². The maximum Gasteiger partial charge on any atom is 0.325 e. The van der Waals surface area contributed by atoms with Crippen LogP contribution >= 0.6 is 11.6 Å². The highest BCUT2D eigenvalue weighted by molar-refractivity contribution is 6.30. The molecule has 2 aromatic carbocycles. The van der Waals surface area contributed by atoms with Crippen molar-refractivity contribution in [1.82, 2.24) is 15.5 Å². The summed E-state index contributed by atoms with van der Waals surface area (Å²) in [5, 5.41) is 5.96. The Morgan fingerprint density at radius 2 is 1.77 bits per heavy atom. The fourth-order valence-corrected chi connectivity index (χ4v) is 3.31. The van der Waals surface area contributed by atoms with Crippen molar-refractivity contribution in [2.45, 2.75) is 19.0 Å². The molecule has 0 aromatic heterocycles. The van der Waals surface area contributed by atoms with Gasteiger partial charge in [0.25, 0.3) is 5.91 Å². The third-order valence-electron chi connectivity index (χ3n) is 4.94. The SMILES string of the molecule is COc1ccc([C@]2(C)NC(=O)N(CC(=O)NCc3ccc(Cl)cc3)C2=O)cc1OC. The Hall–Kier alpha value is -3.26. The van der Waals surface area contributed by atoms with Gasteiger partial charge in [-0.2, -0.15) is 0 Å². The highest BCUT2D eigenvalue weighted by Gasteiger charge is 2.49. The Kier molecular flexibility index (Phi) is 6.17. The Morgan fingerprint density at radius 3 is 2.40 bits per heavy atom. The first-order valence-corrected chi connectivity index (χ1v) is 9.54. The summed E-state index contributed by atoms with van der Waals surface area (Å²) in [7, 11) is 2.99. The largest absolute Gasteiger partial charge is 0.493 e. The lowest BCUT2D eigenvalue weighted by molar-refractivity contribution is -0.134. The van der Waals surface area contributed by atoms with Gasteiger partial charge in [0.2, 0.25) is 5.91 Å². The number of rotatable bonds is 7. The first-order valence-electron chi connectivity index (χ1n) is 9.16. The van der Waals surface area contributed by atoms with Gasteiger partial charge in [0.15, 0.2) is 11.5 Å².